The third-order valence-corrected chi connectivity index (χ3v) is 9.80. The average molecular weight is 622 g/mol. The summed E-state index contributed by atoms with van der Waals surface area (Å²) in [5.74, 6) is -0.713. The number of hydrogen-bond donors (Lipinski definition) is 4. The minimum atomic E-state index is -3.68. The zero-order valence-corrected chi connectivity index (χ0v) is 26.8. The van der Waals surface area contributed by atoms with Gasteiger partial charge < -0.3 is 25.8 Å². The van der Waals surface area contributed by atoms with E-state index in [1.807, 2.05) is 68.4 Å². The van der Waals surface area contributed by atoms with Crippen molar-refractivity contribution in [3.8, 4) is 5.75 Å². The molecule has 42 heavy (non-hydrogen) atoms. The predicted octanol–water partition coefficient (Wildman–Crippen LogP) is 3.10. The molecule has 0 radical (unpaired) electrons. The van der Waals surface area contributed by atoms with Crippen molar-refractivity contribution < 1.29 is 27.9 Å². The van der Waals surface area contributed by atoms with Crippen molar-refractivity contribution in [3.63, 3.8) is 0 Å². The van der Waals surface area contributed by atoms with Crippen LogP contribution in [0.15, 0.2) is 54.6 Å². The summed E-state index contributed by atoms with van der Waals surface area (Å²) >= 11 is 1.28. The molecular weight excluding hydrogens is 574 g/mol. The number of aliphatic hydroxyl groups excluding tert-OH is 1. The van der Waals surface area contributed by atoms with E-state index in [1.165, 1.54) is 11.8 Å². The molecule has 234 valence electrons. The van der Waals surface area contributed by atoms with Gasteiger partial charge in [0.2, 0.25) is 11.8 Å². The SMILES string of the molecule is CCCC(CCC)S(=O)(=O)C[C@@H](NC(=O)CSC)C(=O)N[C@@H](Cc1ccccc1)[C@H](O)CNCc1cccc(OC)c1. The molecule has 0 aromatic heterocycles. The van der Waals surface area contributed by atoms with Crippen LogP contribution in [0.4, 0.5) is 0 Å². The molecule has 0 saturated carbocycles. The number of nitrogens with one attached hydrogen (secondary N) is 3. The summed E-state index contributed by atoms with van der Waals surface area (Å²) in [4.78, 5) is 26.1. The standard InChI is InChI=1S/C31H47N3O6S2/c1-5-11-26(12-6-2)42(38,39)22-28(33-30(36)21-41-4)31(37)34-27(18-23-13-8-7-9-14-23)29(35)20-32-19-24-15-10-16-25(17-24)40-3/h7-10,13-17,26-29,32,35H,5-6,11-12,18-22H2,1-4H3,(H,33,36)(H,34,37)/t27-,28+,29+/m0/s1. The molecule has 0 fully saturated rings. The first-order chi connectivity index (χ1) is 20.1. The van der Waals surface area contributed by atoms with Crippen molar-refractivity contribution in [2.24, 2.45) is 0 Å². The van der Waals surface area contributed by atoms with Gasteiger partial charge >= 0.3 is 0 Å². The number of amides is 2. The predicted molar refractivity (Wildman–Crippen MR) is 170 cm³/mol. The molecule has 0 heterocycles. The molecule has 0 spiro atoms. The molecule has 4 N–H and O–H groups in total. The monoisotopic (exact) mass is 621 g/mol. The normalized spacial score (nSPS) is 13.8. The summed E-state index contributed by atoms with van der Waals surface area (Å²) in [5.41, 5.74) is 1.87. The molecule has 0 aliphatic rings. The molecule has 0 aliphatic carbocycles. The Hall–Kier alpha value is -2.60. The Balaban J connectivity index is 2.23. The topological polar surface area (TPSA) is 134 Å². The summed E-state index contributed by atoms with van der Waals surface area (Å²) in [6.45, 7) is 4.51. The fourth-order valence-electron chi connectivity index (χ4n) is 4.79. The minimum Gasteiger partial charge on any atom is -0.497 e. The first-order valence-corrected chi connectivity index (χ1v) is 17.6. The first-order valence-electron chi connectivity index (χ1n) is 14.5. The van der Waals surface area contributed by atoms with Gasteiger partial charge in [0, 0.05) is 13.1 Å². The lowest BCUT2D eigenvalue weighted by molar-refractivity contribution is -0.128. The third kappa shape index (κ3) is 12.3. The summed E-state index contributed by atoms with van der Waals surface area (Å²) < 4.78 is 32.1. The molecule has 2 aromatic carbocycles. The van der Waals surface area contributed by atoms with Gasteiger partial charge in [-0.3, -0.25) is 9.59 Å². The fraction of sp³-hybridized carbons (Fsp3) is 0.548. The van der Waals surface area contributed by atoms with Gasteiger partial charge in [0.25, 0.3) is 0 Å². The maximum Gasteiger partial charge on any atom is 0.243 e. The van der Waals surface area contributed by atoms with Crippen LogP contribution in [0.25, 0.3) is 0 Å². The molecule has 0 bridgehead atoms. The Labute approximate surface area is 255 Å². The highest BCUT2D eigenvalue weighted by molar-refractivity contribution is 7.99. The lowest BCUT2D eigenvalue weighted by atomic mass is 10.0. The molecule has 0 unspecified atom stereocenters. The minimum absolute atomic E-state index is 0.0986. The van der Waals surface area contributed by atoms with Crippen molar-refractivity contribution in [1.82, 2.24) is 16.0 Å². The number of hydrogen-bond acceptors (Lipinski definition) is 8. The number of benzene rings is 2. The smallest absolute Gasteiger partial charge is 0.243 e. The molecule has 11 heteroatoms. The Bertz CT molecular complexity index is 1190. The summed E-state index contributed by atoms with van der Waals surface area (Å²) in [7, 11) is -2.08. The maximum atomic E-state index is 13.6. The second kappa shape index (κ2) is 18.8. The van der Waals surface area contributed by atoms with Crippen molar-refractivity contribution in [2.45, 2.75) is 75.9 Å². The van der Waals surface area contributed by atoms with Gasteiger partial charge in [0.05, 0.1) is 36.0 Å². The Kier molecular flexibility index (Phi) is 16.0. The number of methoxy groups -OCH3 is 1. The van der Waals surface area contributed by atoms with Crippen LogP contribution in [0.3, 0.4) is 0 Å². The van der Waals surface area contributed by atoms with E-state index in [0.717, 1.165) is 16.9 Å². The van der Waals surface area contributed by atoms with Crippen LogP contribution in [-0.4, -0.2) is 80.2 Å². The number of aliphatic hydroxyl groups is 1. The second-order valence-corrected chi connectivity index (χ2v) is 13.6. The summed E-state index contributed by atoms with van der Waals surface area (Å²) in [6.07, 6.45) is 3.48. The van der Waals surface area contributed by atoms with Crippen LogP contribution >= 0.6 is 11.8 Å². The molecule has 2 amide bonds. The van der Waals surface area contributed by atoms with Crippen LogP contribution < -0.4 is 20.7 Å². The van der Waals surface area contributed by atoms with Crippen LogP contribution in [0, 0.1) is 0 Å². The number of carbonyl (C=O) groups excluding carboxylic acids is 2. The Morgan fingerprint density at radius 3 is 2.26 bits per heavy atom. The van der Waals surface area contributed by atoms with E-state index in [2.05, 4.69) is 16.0 Å². The quantitative estimate of drug-likeness (QED) is 0.177. The lowest BCUT2D eigenvalue weighted by Gasteiger charge is -2.28. The number of rotatable bonds is 20. The van der Waals surface area contributed by atoms with E-state index in [1.54, 1.807) is 13.4 Å². The van der Waals surface area contributed by atoms with Gasteiger partial charge in [-0.2, -0.15) is 11.8 Å². The highest BCUT2D eigenvalue weighted by Crippen LogP contribution is 2.17. The van der Waals surface area contributed by atoms with Gasteiger partial charge in [-0.15, -0.1) is 0 Å². The van der Waals surface area contributed by atoms with Gasteiger partial charge in [-0.25, -0.2) is 8.42 Å². The van der Waals surface area contributed by atoms with Crippen LogP contribution in [-0.2, 0) is 32.4 Å². The van der Waals surface area contributed by atoms with E-state index >= 15 is 0 Å². The summed E-state index contributed by atoms with van der Waals surface area (Å²) in [5, 5.41) is 19.4. The van der Waals surface area contributed by atoms with E-state index in [9.17, 15) is 23.1 Å². The Morgan fingerprint density at radius 2 is 1.64 bits per heavy atom. The molecule has 2 rings (SSSR count). The van der Waals surface area contributed by atoms with Gasteiger partial charge in [-0.1, -0.05) is 69.2 Å². The summed E-state index contributed by atoms with van der Waals surface area (Å²) in [6, 6.07) is 15.0. The second-order valence-electron chi connectivity index (χ2n) is 10.4. The van der Waals surface area contributed by atoms with E-state index in [-0.39, 0.29) is 12.3 Å². The highest BCUT2D eigenvalue weighted by atomic mass is 32.2. The zero-order chi connectivity index (χ0) is 31.0. The molecular formula is C31H47N3O6S2. The molecule has 0 saturated heterocycles. The van der Waals surface area contributed by atoms with Crippen molar-refractivity contribution in [2.75, 3.05) is 31.4 Å². The van der Waals surface area contributed by atoms with E-state index in [0.29, 0.717) is 38.6 Å². The van der Waals surface area contributed by atoms with Gasteiger partial charge in [0.1, 0.15) is 11.8 Å². The van der Waals surface area contributed by atoms with Crippen molar-refractivity contribution in [3.05, 3.63) is 65.7 Å². The van der Waals surface area contributed by atoms with Gasteiger partial charge in [-0.05, 0) is 48.8 Å². The largest absolute Gasteiger partial charge is 0.497 e. The molecule has 0 aliphatic heterocycles. The van der Waals surface area contributed by atoms with Crippen molar-refractivity contribution in [1.29, 1.82) is 0 Å². The molecule has 2 aromatic rings. The highest BCUT2D eigenvalue weighted by Gasteiger charge is 2.34. The number of thioether (sulfide) groups is 1. The van der Waals surface area contributed by atoms with Crippen LogP contribution in [0.2, 0.25) is 0 Å². The molecule has 3 atom stereocenters. The van der Waals surface area contributed by atoms with E-state index in [4.69, 9.17) is 4.74 Å². The third-order valence-electron chi connectivity index (χ3n) is 6.96. The van der Waals surface area contributed by atoms with Crippen molar-refractivity contribution >= 4 is 33.4 Å². The van der Waals surface area contributed by atoms with Crippen LogP contribution in [0.1, 0.15) is 50.7 Å². The number of sulfone groups is 1. The number of ether oxygens (including phenoxy) is 1. The average Bonchev–Trinajstić information content (AvgIpc) is 2.97. The molecule has 9 nitrogen and oxygen atoms in total. The Morgan fingerprint density at radius 1 is 0.976 bits per heavy atom. The van der Waals surface area contributed by atoms with Crippen LogP contribution in [0.5, 0.6) is 5.75 Å². The van der Waals surface area contributed by atoms with E-state index < -0.39 is 50.8 Å². The lowest BCUT2D eigenvalue weighted by Crippen LogP contribution is -2.57. The maximum absolute atomic E-state index is 13.6. The van der Waals surface area contributed by atoms with Gasteiger partial charge in [0.15, 0.2) is 9.84 Å². The number of carbonyl (C=O) groups is 2. The fourth-order valence-corrected chi connectivity index (χ4v) is 7.30. The first kappa shape index (κ1) is 35.6. The zero-order valence-electron chi connectivity index (χ0n) is 25.2.